The largest absolute Gasteiger partial charge is 0.456 e. The molecule has 0 aliphatic heterocycles. The van der Waals surface area contributed by atoms with Gasteiger partial charge in [-0.2, -0.15) is 0 Å². The Labute approximate surface area is 343 Å². The maximum Gasteiger partial charge on any atom is 0.137 e. The van der Waals surface area contributed by atoms with E-state index in [0.29, 0.717) is 0 Å². The van der Waals surface area contributed by atoms with Crippen LogP contribution < -0.4 is 9.80 Å². The van der Waals surface area contributed by atoms with Crippen LogP contribution in [0.5, 0.6) is 0 Å². The second-order valence-electron chi connectivity index (χ2n) is 14.9. The molecule has 278 valence electrons. The smallest absolute Gasteiger partial charge is 0.137 e. The normalized spacial score (nSPS) is 11.4. The summed E-state index contributed by atoms with van der Waals surface area (Å²) >= 11 is 0. The molecule has 11 rings (SSSR count). The first-order chi connectivity index (χ1) is 29.3. The number of para-hydroxylation sites is 2. The van der Waals surface area contributed by atoms with Gasteiger partial charge in [0.15, 0.2) is 0 Å². The molecule has 0 fully saturated rings. The molecule has 0 radical (unpaired) electrons. The van der Waals surface area contributed by atoms with E-state index in [9.17, 15) is 0 Å². The van der Waals surface area contributed by atoms with Gasteiger partial charge >= 0.3 is 0 Å². The standard InChI is InChI=1S/C56H38N2O/c1-4-14-39(15-5-1)40-26-31-47(32-27-40)58(45-21-8-3-9-22-45)52-25-13-18-43-17-12-24-49(55(43)52)42-28-33-46(34-29-42)57(44-19-6-2-7-20-44)48-35-36-51-54(38-48)59-53-37-30-41-16-10-11-23-50(41)56(51)53/h1-38H. The van der Waals surface area contributed by atoms with Crippen molar-refractivity contribution in [1.82, 2.24) is 0 Å². The number of furan rings is 1. The third-order valence-electron chi connectivity index (χ3n) is 11.4. The molecule has 59 heavy (non-hydrogen) atoms. The van der Waals surface area contributed by atoms with Crippen LogP contribution in [0.15, 0.2) is 235 Å². The molecular formula is C56H38N2O. The van der Waals surface area contributed by atoms with E-state index in [1.54, 1.807) is 0 Å². The quantitative estimate of drug-likeness (QED) is 0.154. The van der Waals surface area contributed by atoms with Crippen molar-refractivity contribution in [2.45, 2.75) is 0 Å². The minimum absolute atomic E-state index is 0.868. The van der Waals surface area contributed by atoms with Crippen LogP contribution in [0.4, 0.5) is 34.1 Å². The lowest BCUT2D eigenvalue weighted by atomic mass is 9.95. The molecule has 0 amide bonds. The number of anilines is 6. The van der Waals surface area contributed by atoms with E-state index in [1.807, 2.05) is 0 Å². The number of benzene rings is 10. The van der Waals surface area contributed by atoms with Gasteiger partial charge in [-0.25, -0.2) is 0 Å². The van der Waals surface area contributed by atoms with E-state index in [0.717, 1.165) is 61.6 Å². The summed E-state index contributed by atoms with van der Waals surface area (Å²) in [5, 5.41) is 7.07. The Hall–Kier alpha value is -7.88. The first kappa shape index (κ1) is 34.4. The molecule has 11 aromatic rings. The highest BCUT2D eigenvalue weighted by Gasteiger charge is 2.20. The van der Waals surface area contributed by atoms with E-state index in [-0.39, 0.29) is 0 Å². The van der Waals surface area contributed by atoms with Crippen LogP contribution in [0.25, 0.3) is 65.7 Å². The highest BCUT2D eigenvalue weighted by molar-refractivity contribution is 6.19. The van der Waals surface area contributed by atoms with E-state index in [1.165, 1.54) is 38.2 Å². The maximum atomic E-state index is 6.53. The van der Waals surface area contributed by atoms with Crippen molar-refractivity contribution < 1.29 is 4.42 Å². The van der Waals surface area contributed by atoms with Crippen molar-refractivity contribution in [1.29, 1.82) is 0 Å². The van der Waals surface area contributed by atoms with Crippen LogP contribution in [0.1, 0.15) is 0 Å². The molecule has 0 N–H and O–H groups in total. The third-order valence-corrected chi connectivity index (χ3v) is 11.4. The van der Waals surface area contributed by atoms with Crippen molar-refractivity contribution in [2.75, 3.05) is 9.80 Å². The van der Waals surface area contributed by atoms with Gasteiger partial charge in [0.1, 0.15) is 11.2 Å². The van der Waals surface area contributed by atoms with Crippen LogP contribution in [0, 0.1) is 0 Å². The van der Waals surface area contributed by atoms with Crippen molar-refractivity contribution >= 4 is 77.6 Å². The highest BCUT2D eigenvalue weighted by Crippen LogP contribution is 2.45. The van der Waals surface area contributed by atoms with Crippen molar-refractivity contribution in [3.63, 3.8) is 0 Å². The minimum Gasteiger partial charge on any atom is -0.456 e. The first-order valence-electron chi connectivity index (χ1n) is 20.1. The Balaban J connectivity index is 1.01. The second kappa shape index (κ2) is 14.6. The minimum atomic E-state index is 0.868. The highest BCUT2D eigenvalue weighted by atomic mass is 16.3. The van der Waals surface area contributed by atoms with Gasteiger partial charge in [-0.05, 0) is 111 Å². The van der Waals surface area contributed by atoms with Gasteiger partial charge in [0, 0.05) is 50.7 Å². The fourth-order valence-electron chi connectivity index (χ4n) is 8.67. The van der Waals surface area contributed by atoms with Crippen molar-refractivity contribution in [3.05, 3.63) is 231 Å². The summed E-state index contributed by atoms with van der Waals surface area (Å²) < 4.78 is 6.53. The molecule has 0 atom stereocenters. The Kier molecular flexibility index (Phi) is 8.49. The van der Waals surface area contributed by atoms with Crippen LogP contribution in [0.2, 0.25) is 0 Å². The summed E-state index contributed by atoms with van der Waals surface area (Å²) in [4.78, 5) is 4.68. The Morgan fingerprint density at radius 1 is 0.288 bits per heavy atom. The first-order valence-corrected chi connectivity index (χ1v) is 20.1. The van der Waals surface area contributed by atoms with Gasteiger partial charge < -0.3 is 14.2 Å². The van der Waals surface area contributed by atoms with Gasteiger partial charge in [-0.1, -0.05) is 152 Å². The summed E-state index contributed by atoms with van der Waals surface area (Å²) in [6, 6.07) is 82.2. The molecule has 3 heteroatoms. The molecule has 0 saturated carbocycles. The summed E-state index contributed by atoms with van der Waals surface area (Å²) in [6.07, 6.45) is 0. The zero-order valence-corrected chi connectivity index (χ0v) is 32.2. The summed E-state index contributed by atoms with van der Waals surface area (Å²) in [5.41, 5.74) is 13.0. The van der Waals surface area contributed by atoms with E-state index >= 15 is 0 Å². The fraction of sp³-hybridized carbons (Fsp3) is 0. The van der Waals surface area contributed by atoms with Crippen LogP contribution in [0.3, 0.4) is 0 Å². The predicted octanol–water partition coefficient (Wildman–Crippen LogP) is 16.2. The lowest BCUT2D eigenvalue weighted by molar-refractivity contribution is 0.669. The lowest BCUT2D eigenvalue weighted by Crippen LogP contribution is -2.10. The SMILES string of the molecule is c1ccc(-c2ccc(N(c3ccccc3)c3cccc4cccc(-c5ccc(N(c6ccccc6)c6ccc7c(c6)oc6ccc8ccccc8c67)cc5)c34)cc2)cc1. The second-order valence-corrected chi connectivity index (χ2v) is 14.9. The Bertz CT molecular complexity index is 3240. The molecule has 3 nitrogen and oxygen atoms in total. The fourth-order valence-corrected chi connectivity index (χ4v) is 8.67. The molecule has 0 saturated heterocycles. The molecule has 1 aromatic heterocycles. The zero-order valence-electron chi connectivity index (χ0n) is 32.2. The van der Waals surface area contributed by atoms with E-state index in [4.69, 9.17) is 4.42 Å². The molecular weight excluding hydrogens is 717 g/mol. The van der Waals surface area contributed by atoms with Gasteiger partial charge in [-0.3, -0.25) is 0 Å². The molecule has 0 spiro atoms. The van der Waals surface area contributed by atoms with Crippen LogP contribution in [-0.2, 0) is 0 Å². The van der Waals surface area contributed by atoms with Gasteiger partial charge in [0.25, 0.3) is 0 Å². The number of nitrogens with zero attached hydrogens (tertiary/aromatic N) is 2. The monoisotopic (exact) mass is 754 g/mol. The zero-order chi connectivity index (χ0) is 39.1. The molecule has 10 aromatic carbocycles. The summed E-state index contributed by atoms with van der Waals surface area (Å²) in [7, 11) is 0. The van der Waals surface area contributed by atoms with Crippen molar-refractivity contribution in [3.8, 4) is 22.3 Å². The van der Waals surface area contributed by atoms with Gasteiger partial charge in [0.2, 0.25) is 0 Å². The number of hydrogen-bond acceptors (Lipinski definition) is 3. The number of hydrogen-bond donors (Lipinski definition) is 0. The predicted molar refractivity (Wildman–Crippen MR) is 249 cm³/mol. The van der Waals surface area contributed by atoms with Gasteiger partial charge in [-0.15, -0.1) is 0 Å². The Morgan fingerprint density at radius 3 is 1.56 bits per heavy atom. The number of fused-ring (bicyclic) bond motifs is 6. The van der Waals surface area contributed by atoms with Crippen LogP contribution >= 0.6 is 0 Å². The maximum absolute atomic E-state index is 6.53. The third kappa shape index (κ3) is 6.17. The molecule has 0 bridgehead atoms. The summed E-state index contributed by atoms with van der Waals surface area (Å²) in [5.74, 6) is 0. The molecule has 1 heterocycles. The lowest BCUT2D eigenvalue weighted by Gasteiger charge is -2.28. The van der Waals surface area contributed by atoms with E-state index < -0.39 is 0 Å². The average molecular weight is 755 g/mol. The summed E-state index contributed by atoms with van der Waals surface area (Å²) in [6.45, 7) is 0. The molecule has 0 unspecified atom stereocenters. The van der Waals surface area contributed by atoms with Gasteiger partial charge in [0.05, 0.1) is 5.69 Å². The average Bonchev–Trinajstić information content (AvgIpc) is 3.69. The Morgan fingerprint density at radius 2 is 0.831 bits per heavy atom. The topological polar surface area (TPSA) is 19.6 Å². The van der Waals surface area contributed by atoms with Crippen LogP contribution in [-0.4, -0.2) is 0 Å². The van der Waals surface area contributed by atoms with E-state index in [2.05, 4.69) is 240 Å². The van der Waals surface area contributed by atoms with Crippen molar-refractivity contribution in [2.24, 2.45) is 0 Å². The number of rotatable bonds is 8. The molecule has 0 aliphatic carbocycles. The molecule has 0 aliphatic rings.